The molecule has 2 aromatic rings. The zero-order valence-corrected chi connectivity index (χ0v) is 11.3. The first-order valence-corrected chi connectivity index (χ1v) is 6.30. The molecule has 0 bridgehead atoms. The number of nitrogens with two attached hydrogens (primary N) is 1. The number of hydrazine groups is 1. The van der Waals surface area contributed by atoms with Gasteiger partial charge in [0.15, 0.2) is 5.82 Å². The Kier molecular flexibility index (Phi) is 3.22. The van der Waals surface area contributed by atoms with Gasteiger partial charge in [0, 0.05) is 11.3 Å². The Bertz CT molecular complexity index is 524. The summed E-state index contributed by atoms with van der Waals surface area (Å²) in [5, 5.41) is 0. The standard InChI is InChI=1S/C10H11BrN4S/c1-5-6(2)13-10(14-9(5)15-12)7-3-4-8(11)16-7/h3-4H,12H2,1-2H3,(H,13,14,15). The maximum Gasteiger partial charge on any atom is 0.171 e. The van der Waals surface area contributed by atoms with Crippen molar-refractivity contribution in [2.45, 2.75) is 13.8 Å². The van der Waals surface area contributed by atoms with Crippen LogP contribution in [0.5, 0.6) is 0 Å². The van der Waals surface area contributed by atoms with Gasteiger partial charge in [-0.25, -0.2) is 15.8 Å². The van der Waals surface area contributed by atoms with Crippen molar-refractivity contribution < 1.29 is 0 Å². The summed E-state index contributed by atoms with van der Waals surface area (Å²) in [6.07, 6.45) is 0. The molecule has 0 saturated heterocycles. The lowest BCUT2D eigenvalue weighted by Gasteiger charge is -2.08. The Morgan fingerprint density at radius 1 is 1.31 bits per heavy atom. The number of hydrogen-bond donors (Lipinski definition) is 2. The molecule has 0 fully saturated rings. The minimum atomic E-state index is 0.673. The summed E-state index contributed by atoms with van der Waals surface area (Å²) in [6, 6.07) is 3.97. The average Bonchev–Trinajstić information content (AvgIpc) is 2.69. The topological polar surface area (TPSA) is 63.8 Å². The van der Waals surface area contributed by atoms with Crippen molar-refractivity contribution in [3.63, 3.8) is 0 Å². The van der Waals surface area contributed by atoms with E-state index < -0.39 is 0 Å². The smallest absolute Gasteiger partial charge is 0.171 e. The predicted octanol–water partition coefficient (Wildman–Crippen LogP) is 2.87. The van der Waals surface area contributed by atoms with Crippen molar-refractivity contribution in [1.82, 2.24) is 9.97 Å². The molecule has 0 aliphatic carbocycles. The van der Waals surface area contributed by atoms with E-state index in [0.29, 0.717) is 11.6 Å². The van der Waals surface area contributed by atoms with E-state index in [1.165, 1.54) is 0 Å². The van der Waals surface area contributed by atoms with Crippen molar-refractivity contribution in [3.05, 3.63) is 27.2 Å². The fourth-order valence-electron chi connectivity index (χ4n) is 1.31. The van der Waals surface area contributed by atoms with Crippen LogP contribution >= 0.6 is 27.3 Å². The third-order valence-electron chi connectivity index (χ3n) is 2.32. The third kappa shape index (κ3) is 2.09. The van der Waals surface area contributed by atoms with Crippen LogP contribution in [0.15, 0.2) is 15.9 Å². The molecule has 0 aromatic carbocycles. The number of thiophene rings is 1. The molecular weight excluding hydrogens is 288 g/mol. The Morgan fingerprint density at radius 3 is 2.62 bits per heavy atom. The molecule has 0 aliphatic rings. The van der Waals surface area contributed by atoms with Crippen molar-refractivity contribution in [2.24, 2.45) is 5.84 Å². The van der Waals surface area contributed by atoms with E-state index in [-0.39, 0.29) is 0 Å². The van der Waals surface area contributed by atoms with E-state index in [9.17, 15) is 0 Å². The Hall–Kier alpha value is -0.980. The summed E-state index contributed by atoms with van der Waals surface area (Å²) < 4.78 is 1.06. The Balaban J connectivity index is 2.54. The highest BCUT2D eigenvalue weighted by molar-refractivity contribution is 9.11. The van der Waals surface area contributed by atoms with Gasteiger partial charge in [-0.15, -0.1) is 11.3 Å². The van der Waals surface area contributed by atoms with Gasteiger partial charge in [0.05, 0.1) is 8.66 Å². The molecule has 0 saturated carbocycles. The third-order valence-corrected chi connectivity index (χ3v) is 3.94. The van der Waals surface area contributed by atoms with Crippen LogP contribution in [0.1, 0.15) is 11.3 Å². The molecule has 0 aliphatic heterocycles. The lowest BCUT2D eigenvalue weighted by atomic mass is 10.2. The van der Waals surface area contributed by atoms with Gasteiger partial charge in [-0.05, 0) is 41.9 Å². The summed E-state index contributed by atoms with van der Waals surface area (Å²) in [5.41, 5.74) is 4.50. The van der Waals surface area contributed by atoms with Crippen LogP contribution in [0.2, 0.25) is 0 Å². The minimum absolute atomic E-state index is 0.673. The van der Waals surface area contributed by atoms with Gasteiger partial charge in [-0.2, -0.15) is 0 Å². The first kappa shape index (κ1) is 11.5. The van der Waals surface area contributed by atoms with Gasteiger partial charge in [0.25, 0.3) is 0 Å². The van der Waals surface area contributed by atoms with E-state index in [4.69, 9.17) is 5.84 Å². The number of aromatic nitrogens is 2. The van der Waals surface area contributed by atoms with Crippen molar-refractivity contribution in [1.29, 1.82) is 0 Å². The number of hydrogen-bond acceptors (Lipinski definition) is 5. The molecule has 2 heterocycles. The number of nitrogens with zero attached hydrogens (tertiary/aromatic N) is 2. The zero-order chi connectivity index (χ0) is 11.7. The van der Waals surface area contributed by atoms with Crippen molar-refractivity contribution in [2.75, 3.05) is 5.43 Å². The van der Waals surface area contributed by atoms with Gasteiger partial charge in [0.1, 0.15) is 5.82 Å². The normalized spacial score (nSPS) is 10.5. The molecule has 16 heavy (non-hydrogen) atoms. The molecular formula is C10H11BrN4S. The molecule has 3 N–H and O–H groups in total. The highest BCUT2D eigenvalue weighted by atomic mass is 79.9. The zero-order valence-electron chi connectivity index (χ0n) is 8.91. The first-order valence-electron chi connectivity index (χ1n) is 4.69. The van der Waals surface area contributed by atoms with E-state index in [0.717, 1.165) is 19.9 Å². The highest BCUT2D eigenvalue weighted by Gasteiger charge is 2.10. The number of rotatable bonds is 2. The maximum absolute atomic E-state index is 5.43. The molecule has 0 spiro atoms. The van der Waals surface area contributed by atoms with Crippen LogP contribution in [0.4, 0.5) is 5.82 Å². The van der Waals surface area contributed by atoms with Gasteiger partial charge in [-0.1, -0.05) is 0 Å². The number of nitrogens with one attached hydrogen (secondary N) is 1. The van der Waals surface area contributed by atoms with E-state index >= 15 is 0 Å². The van der Waals surface area contributed by atoms with Crippen molar-refractivity contribution >= 4 is 33.1 Å². The summed E-state index contributed by atoms with van der Waals surface area (Å²) in [7, 11) is 0. The van der Waals surface area contributed by atoms with Gasteiger partial charge in [-0.3, -0.25) is 0 Å². The molecule has 2 rings (SSSR count). The van der Waals surface area contributed by atoms with Gasteiger partial charge < -0.3 is 5.43 Å². The second kappa shape index (κ2) is 4.48. The molecule has 0 atom stereocenters. The fourth-order valence-corrected chi connectivity index (χ4v) is 2.63. The van der Waals surface area contributed by atoms with E-state index in [1.54, 1.807) is 11.3 Å². The largest absolute Gasteiger partial charge is 0.308 e. The van der Waals surface area contributed by atoms with Gasteiger partial charge >= 0.3 is 0 Å². The minimum Gasteiger partial charge on any atom is -0.308 e. The van der Waals surface area contributed by atoms with E-state index in [1.807, 2.05) is 26.0 Å². The van der Waals surface area contributed by atoms with Gasteiger partial charge in [0.2, 0.25) is 0 Å². The summed E-state index contributed by atoms with van der Waals surface area (Å²) >= 11 is 5.02. The maximum atomic E-state index is 5.43. The van der Waals surface area contributed by atoms with Crippen LogP contribution in [-0.4, -0.2) is 9.97 Å². The summed E-state index contributed by atoms with van der Waals surface area (Å²) in [6.45, 7) is 3.89. The summed E-state index contributed by atoms with van der Waals surface area (Å²) in [5.74, 6) is 6.80. The molecule has 0 unspecified atom stereocenters. The molecule has 2 aromatic heterocycles. The average molecular weight is 299 g/mol. The molecule has 0 radical (unpaired) electrons. The molecule has 6 heteroatoms. The second-order valence-electron chi connectivity index (χ2n) is 3.35. The number of aryl methyl sites for hydroxylation is 1. The number of halogens is 1. The number of anilines is 1. The number of nitrogen functional groups attached to an aromatic ring is 1. The quantitative estimate of drug-likeness (QED) is 0.661. The van der Waals surface area contributed by atoms with Crippen LogP contribution in [0, 0.1) is 13.8 Å². The molecule has 0 amide bonds. The lowest BCUT2D eigenvalue weighted by molar-refractivity contribution is 1.06. The van der Waals surface area contributed by atoms with Crippen LogP contribution in [0.3, 0.4) is 0 Å². The monoisotopic (exact) mass is 298 g/mol. The SMILES string of the molecule is Cc1nc(-c2ccc(Br)s2)nc(NN)c1C. The highest BCUT2D eigenvalue weighted by Crippen LogP contribution is 2.30. The fraction of sp³-hybridized carbons (Fsp3) is 0.200. The van der Waals surface area contributed by atoms with Crippen LogP contribution in [0.25, 0.3) is 10.7 Å². The van der Waals surface area contributed by atoms with Crippen LogP contribution in [-0.2, 0) is 0 Å². The summed E-state index contributed by atoms with van der Waals surface area (Å²) in [4.78, 5) is 9.85. The van der Waals surface area contributed by atoms with Crippen molar-refractivity contribution in [3.8, 4) is 10.7 Å². The van der Waals surface area contributed by atoms with E-state index in [2.05, 4.69) is 31.3 Å². The predicted molar refractivity (Wildman–Crippen MR) is 70.3 cm³/mol. The first-order chi connectivity index (χ1) is 7.61. The molecule has 4 nitrogen and oxygen atoms in total. The van der Waals surface area contributed by atoms with Crippen LogP contribution < -0.4 is 11.3 Å². The molecule has 84 valence electrons. The second-order valence-corrected chi connectivity index (χ2v) is 5.82. The Morgan fingerprint density at radius 2 is 2.06 bits per heavy atom. The Labute approximate surface area is 106 Å². The lowest BCUT2D eigenvalue weighted by Crippen LogP contribution is -2.12.